The first-order valence-electron chi connectivity index (χ1n) is 11.1. The number of halogens is 1. The van der Waals surface area contributed by atoms with E-state index in [-0.39, 0.29) is 4.90 Å². The highest BCUT2D eigenvalue weighted by atomic mass is 35.5. The topological polar surface area (TPSA) is 108 Å². The monoisotopic (exact) mass is 500 g/mol. The predicted molar refractivity (Wildman–Crippen MR) is 136 cm³/mol. The van der Waals surface area contributed by atoms with Crippen LogP contribution in [0.5, 0.6) is 0 Å². The second-order valence-electron chi connectivity index (χ2n) is 9.28. The molecule has 34 heavy (non-hydrogen) atoms. The van der Waals surface area contributed by atoms with Gasteiger partial charge in [0.05, 0.1) is 11.1 Å². The summed E-state index contributed by atoms with van der Waals surface area (Å²) >= 11 is 6.31. The lowest BCUT2D eigenvalue weighted by Gasteiger charge is -2.20. The Hall–Kier alpha value is -2.72. The summed E-state index contributed by atoms with van der Waals surface area (Å²) in [4.78, 5) is 9.00. The molecule has 3 aromatic rings. The number of anilines is 3. The molecule has 0 radical (unpaired) electrons. The molecular formula is C24H29ClN6O2S. The van der Waals surface area contributed by atoms with Crippen LogP contribution in [0.4, 0.5) is 17.5 Å². The predicted octanol–water partition coefficient (Wildman–Crippen LogP) is 4.21. The van der Waals surface area contributed by atoms with Crippen molar-refractivity contribution in [2.24, 2.45) is 0 Å². The molecule has 8 nitrogen and oxygen atoms in total. The third-order valence-corrected chi connectivity index (χ3v) is 7.23. The maximum Gasteiger partial charge on any atom is 0.241 e. The van der Waals surface area contributed by atoms with Crippen LogP contribution in [0.15, 0.2) is 53.6 Å². The quantitative estimate of drug-likeness (QED) is 0.385. The number of hydrogen-bond acceptors (Lipinski definition) is 7. The van der Waals surface area contributed by atoms with Crippen LogP contribution < -0.4 is 20.7 Å². The van der Waals surface area contributed by atoms with Crippen LogP contribution in [0.2, 0.25) is 5.02 Å². The summed E-state index contributed by atoms with van der Waals surface area (Å²) in [5.41, 5.74) is 3.74. The van der Waals surface area contributed by atoms with Crippen molar-refractivity contribution >= 4 is 39.1 Å². The van der Waals surface area contributed by atoms with Gasteiger partial charge in [-0.25, -0.2) is 18.1 Å². The normalized spacial score (nSPS) is 13.9. The molecule has 180 valence electrons. The van der Waals surface area contributed by atoms with Gasteiger partial charge in [0, 0.05) is 24.3 Å². The number of fused-ring (bicyclic) bond motifs is 1. The van der Waals surface area contributed by atoms with Crippen LogP contribution >= 0.6 is 11.6 Å². The highest BCUT2D eigenvalue weighted by Crippen LogP contribution is 2.25. The summed E-state index contributed by atoms with van der Waals surface area (Å²) in [5.74, 6) is 0.883. The van der Waals surface area contributed by atoms with E-state index >= 15 is 0 Å². The molecule has 0 bridgehead atoms. The van der Waals surface area contributed by atoms with Gasteiger partial charge in [-0.05, 0) is 74.7 Å². The molecule has 4 N–H and O–H groups in total. The number of benzene rings is 2. The molecule has 2 heterocycles. The number of hydrogen-bond donors (Lipinski definition) is 4. The zero-order valence-electron chi connectivity index (χ0n) is 19.4. The van der Waals surface area contributed by atoms with E-state index < -0.39 is 15.6 Å². The van der Waals surface area contributed by atoms with Crippen molar-refractivity contribution in [1.82, 2.24) is 20.0 Å². The summed E-state index contributed by atoms with van der Waals surface area (Å²) in [6.07, 6.45) is 2.52. The van der Waals surface area contributed by atoms with Gasteiger partial charge in [0.1, 0.15) is 5.02 Å². The van der Waals surface area contributed by atoms with Gasteiger partial charge in [-0.2, -0.15) is 4.98 Å². The van der Waals surface area contributed by atoms with Gasteiger partial charge in [-0.15, -0.1) is 0 Å². The van der Waals surface area contributed by atoms with Gasteiger partial charge in [-0.1, -0.05) is 29.8 Å². The third kappa shape index (κ3) is 6.24. The van der Waals surface area contributed by atoms with Crippen LogP contribution in [0.25, 0.3) is 0 Å². The SMILES string of the molecule is CC(C)(C)NS(=O)(=O)c1cccc(CNc2nc(Nc3ccc4c(c3)CCNC4)ncc2Cl)c1. The van der Waals surface area contributed by atoms with Crippen molar-refractivity contribution in [2.45, 2.75) is 50.7 Å². The van der Waals surface area contributed by atoms with Gasteiger partial charge < -0.3 is 16.0 Å². The van der Waals surface area contributed by atoms with Gasteiger partial charge >= 0.3 is 0 Å². The number of nitrogens with one attached hydrogen (secondary N) is 4. The fraction of sp³-hybridized carbons (Fsp3) is 0.333. The van der Waals surface area contributed by atoms with E-state index in [1.807, 2.05) is 12.1 Å². The summed E-state index contributed by atoms with van der Waals surface area (Å²) in [6, 6.07) is 13.0. The molecule has 0 fully saturated rings. The minimum atomic E-state index is -3.62. The average Bonchev–Trinajstić information content (AvgIpc) is 2.78. The Kier molecular flexibility index (Phi) is 7.09. The van der Waals surface area contributed by atoms with Gasteiger partial charge in [-0.3, -0.25) is 0 Å². The lowest BCUT2D eigenvalue weighted by atomic mass is 10.0. The number of sulfonamides is 1. The molecule has 4 rings (SSSR count). The second-order valence-corrected chi connectivity index (χ2v) is 11.4. The summed E-state index contributed by atoms with van der Waals surface area (Å²) < 4.78 is 28.0. The lowest BCUT2D eigenvalue weighted by molar-refractivity contribution is 0.491. The van der Waals surface area contributed by atoms with Crippen LogP contribution in [-0.2, 0) is 29.5 Å². The first-order chi connectivity index (χ1) is 16.1. The van der Waals surface area contributed by atoms with Gasteiger partial charge in [0.15, 0.2) is 5.82 Å². The molecular weight excluding hydrogens is 472 g/mol. The number of nitrogens with zero attached hydrogens (tertiary/aromatic N) is 2. The van der Waals surface area contributed by atoms with Crippen LogP contribution in [-0.4, -0.2) is 30.5 Å². The lowest BCUT2D eigenvalue weighted by Crippen LogP contribution is -2.40. The third-order valence-electron chi connectivity index (χ3n) is 5.20. The van der Waals surface area contributed by atoms with Crippen LogP contribution in [0.3, 0.4) is 0 Å². The van der Waals surface area contributed by atoms with Crippen molar-refractivity contribution in [1.29, 1.82) is 0 Å². The van der Waals surface area contributed by atoms with Crippen molar-refractivity contribution in [3.8, 4) is 0 Å². The average molecular weight is 501 g/mol. The molecule has 1 aromatic heterocycles. The Morgan fingerprint density at radius 1 is 1.12 bits per heavy atom. The Morgan fingerprint density at radius 3 is 2.74 bits per heavy atom. The van der Waals surface area contributed by atoms with E-state index in [4.69, 9.17) is 11.6 Å². The maximum atomic E-state index is 12.7. The fourth-order valence-corrected chi connectivity index (χ4v) is 5.35. The van der Waals surface area contributed by atoms with E-state index in [0.717, 1.165) is 30.8 Å². The maximum absolute atomic E-state index is 12.7. The minimum absolute atomic E-state index is 0.209. The van der Waals surface area contributed by atoms with Gasteiger partial charge in [0.25, 0.3) is 0 Å². The second kappa shape index (κ2) is 9.87. The van der Waals surface area contributed by atoms with E-state index in [1.165, 1.54) is 17.3 Å². The van der Waals surface area contributed by atoms with Gasteiger partial charge in [0.2, 0.25) is 16.0 Å². The summed E-state index contributed by atoms with van der Waals surface area (Å²) in [7, 11) is -3.62. The molecule has 0 spiro atoms. The molecule has 2 aromatic carbocycles. The van der Waals surface area contributed by atoms with Crippen molar-refractivity contribution in [3.05, 3.63) is 70.4 Å². The zero-order valence-corrected chi connectivity index (χ0v) is 21.0. The molecule has 1 aliphatic rings. The number of rotatable bonds is 7. The first kappa shape index (κ1) is 24.4. The minimum Gasteiger partial charge on any atom is -0.365 e. The van der Waals surface area contributed by atoms with E-state index in [0.29, 0.717) is 23.3 Å². The van der Waals surface area contributed by atoms with E-state index in [2.05, 4.69) is 42.8 Å². The zero-order chi connectivity index (χ0) is 24.3. The van der Waals surface area contributed by atoms with E-state index in [9.17, 15) is 8.42 Å². The Morgan fingerprint density at radius 2 is 1.94 bits per heavy atom. The molecule has 0 atom stereocenters. The molecule has 0 aliphatic carbocycles. The Labute approximate surface area is 205 Å². The fourth-order valence-electron chi connectivity index (χ4n) is 3.71. The Bertz CT molecular complexity index is 1290. The largest absolute Gasteiger partial charge is 0.365 e. The number of aromatic nitrogens is 2. The molecule has 0 unspecified atom stereocenters. The summed E-state index contributed by atoms with van der Waals surface area (Å²) in [5, 5.41) is 10.2. The standard InChI is InChI=1S/C24H29ClN6O2S/c1-24(2,3)31-34(32,33)20-6-4-5-16(11-20)13-27-22-21(25)15-28-23(30-22)29-19-8-7-18-14-26-10-9-17(18)12-19/h4-8,11-12,15,26,31H,9-10,13-14H2,1-3H3,(H2,27,28,29,30). The van der Waals surface area contributed by atoms with Crippen LogP contribution in [0.1, 0.15) is 37.5 Å². The highest BCUT2D eigenvalue weighted by Gasteiger charge is 2.22. The molecule has 0 saturated carbocycles. The smallest absolute Gasteiger partial charge is 0.241 e. The first-order valence-corrected chi connectivity index (χ1v) is 12.9. The van der Waals surface area contributed by atoms with Crippen molar-refractivity contribution in [2.75, 3.05) is 17.2 Å². The Balaban J connectivity index is 1.46. The molecule has 0 amide bonds. The van der Waals surface area contributed by atoms with E-state index in [1.54, 1.807) is 39.0 Å². The van der Waals surface area contributed by atoms with Crippen LogP contribution in [0, 0.1) is 0 Å². The molecule has 1 aliphatic heterocycles. The highest BCUT2D eigenvalue weighted by molar-refractivity contribution is 7.89. The van der Waals surface area contributed by atoms with Crippen molar-refractivity contribution in [3.63, 3.8) is 0 Å². The van der Waals surface area contributed by atoms with Crippen molar-refractivity contribution < 1.29 is 8.42 Å². The molecule has 0 saturated heterocycles. The molecule has 10 heteroatoms. The summed E-state index contributed by atoms with van der Waals surface area (Å²) in [6.45, 7) is 7.62.